The molecule has 0 saturated carbocycles. The number of fused-ring (bicyclic) bond motifs is 1. The summed E-state index contributed by atoms with van der Waals surface area (Å²) in [7, 11) is 4.72. The van der Waals surface area contributed by atoms with Crippen LogP contribution < -0.4 is 18.9 Å². The van der Waals surface area contributed by atoms with E-state index in [1.807, 2.05) is 47.2 Å². The summed E-state index contributed by atoms with van der Waals surface area (Å²) in [6, 6.07) is 9.35. The number of carbonyl (C=O) groups is 1. The molecule has 1 heterocycles. The number of rotatable bonds is 8. The van der Waals surface area contributed by atoms with Gasteiger partial charge in [0.1, 0.15) is 12.4 Å². The fourth-order valence-electron chi connectivity index (χ4n) is 3.90. The van der Waals surface area contributed by atoms with E-state index < -0.39 is 0 Å². The normalized spacial score (nSPS) is 14.2. The molecule has 0 amide bonds. The van der Waals surface area contributed by atoms with Crippen LogP contribution in [0.2, 0.25) is 0 Å². The van der Waals surface area contributed by atoms with Gasteiger partial charge in [-0.15, -0.1) is 0 Å². The van der Waals surface area contributed by atoms with Gasteiger partial charge in [-0.2, -0.15) is 0 Å². The molecule has 0 bridgehead atoms. The molecule has 4 rings (SSSR count). The van der Waals surface area contributed by atoms with Gasteiger partial charge in [0.2, 0.25) is 5.75 Å². The lowest BCUT2D eigenvalue weighted by Crippen LogP contribution is -2.15. The van der Waals surface area contributed by atoms with Gasteiger partial charge in [-0.05, 0) is 54.8 Å². The van der Waals surface area contributed by atoms with Crippen molar-refractivity contribution in [3.63, 3.8) is 0 Å². The number of carbonyl (C=O) groups excluding carboxylic acids is 1. The molecule has 0 spiro atoms. The minimum absolute atomic E-state index is 0.0213. The first-order valence-electron chi connectivity index (χ1n) is 10.4. The molecular formula is C25H26N2O5. The summed E-state index contributed by atoms with van der Waals surface area (Å²) in [6.07, 6.45) is 8.68. The van der Waals surface area contributed by atoms with Crippen molar-refractivity contribution in [2.24, 2.45) is 0 Å². The molecule has 3 aromatic rings. The maximum Gasteiger partial charge on any atom is 0.203 e. The average Bonchev–Trinajstić information content (AvgIpc) is 3.34. The zero-order chi connectivity index (χ0) is 22.5. The predicted molar refractivity (Wildman–Crippen MR) is 121 cm³/mol. The van der Waals surface area contributed by atoms with E-state index in [1.165, 1.54) is 0 Å². The van der Waals surface area contributed by atoms with Crippen molar-refractivity contribution >= 4 is 11.9 Å². The second kappa shape index (κ2) is 9.60. The van der Waals surface area contributed by atoms with E-state index in [-0.39, 0.29) is 5.78 Å². The highest BCUT2D eigenvalue weighted by atomic mass is 16.5. The van der Waals surface area contributed by atoms with Crippen molar-refractivity contribution in [3.8, 4) is 23.0 Å². The Bertz CT molecular complexity index is 1140. The Morgan fingerprint density at radius 1 is 1.03 bits per heavy atom. The molecule has 0 saturated heterocycles. The third-order valence-corrected chi connectivity index (χ3v) is 5.52. The van der Waals surface area contributed by atoms with Crippen LogP contribution in [0.15, 0.2) is 54.6 Å². The van der Waals surface area contributed by atoms with Crippen LogP contribution in [-0.2, 0) is 13.0 Å². The number of aromatic nitrogens is 2. The molecule has 32 heavy (non-hydrogen) atoms. The van der Waals surface area contributed by atoms with Gasteiger partial charge in [0, 0.05) is 29.1 Å². The fraction of sp³-hybridized carbons (Fsp3) is 0.280. The highest BCUT2D eigenvalue weighted by Crippen LogP contribution is 2.41. The van der Waals surface area contributed by atoms with Gasteiger partial charge in [0.25, 0.3) is 0 Å². The van der Waals surface area contributed by atoms with Gasteiger partial charge >= 0.3 is 0 Å². The Morgan fingerprint density at radius 3 is 2.59 bits per heavy atom. The third-order valence-electron chi connectivity index (χ3n) is 5.52. The van der Waals surface area contributed by atoms with Crippen LogP contribution in [0.4, 0.5) is 0 Å². The van der Waals surface area contributed by atoms with Crippen molar-refractivity contribution in [1.29, 1.82) is 0 Å². The molecule has 0 atom stereocenters. The topological polar surface area (TPSA) is 71.8 Å². The molecule has 1 aromatic heterocycles. The summed E-state index contributed by atoms with van der Waals surface area (Å²) < 4.78 is 24.2. The maximum atomic E-state index is 13.2. The molecule has 0 radical (unpaired) electrons. The molecule has 7 nitrogen and oxygen atoms in total. The number of imidazole rings is 1. The number of Topliss-reactive ketones (excluding diaryl/α,β-unsaturated/α-hetero) is 1. The smallest absolute Gasteiger partial charge is 0.203 e. The Kier molecular flexibility index (Phi) is 6.44. The van der Waals surface area contributed by atoms with Gasteiger partial charge in [0.05, 0.1) is 34.2 Å². The summed E-state index contributed by atoms with van der Waals surface area (Å²) >= 11 is 0. The highest BCUT2D eigenvalue weighted by molar-refractivity contribution is 6.13. The minimum Gasteiger partial charge on any atom is -0.493 e. The molecule has 0 N–H and O–H groups in total. The Balaban J connectivity index is 1.53. The van der Waals surface area contributed by atoms with Crippen molar-refractivity contribution < 1.29 is 23.7 Å². The predicted octanol–water partition coefficient (Wildman–Crippen LogP) is 4.20. The van der Waals surface area contributed by atoms with Crippen LogP contribution >= 0.6 is 0 Å². The summed E-state index contributed by atoms with van der Waals surface area (Å²) in [5.41, 5.74) is 3.23. The second-order valence-corrected chi connectivity index (χ2v) is 7.39. The lowest BCUT2D eigenvalue weighted by Gasteiger charge is -2.20. The number of aryl methyl sites for hydroxylation is 1. The number of nitrogens with zero attached hydrogens (tertiary/aromatic N) is 2. The van der Waals surface area contributed by atoms with Crippen LogP contribution in [0.25, 0.3) is 6.08 Å². The van der Waals surface area contributed by atoms with E-state index in [0.29, 0.717) is 35.8 Å². The van der Waals surface area contributed by atoms with E-state index in [9.17, 15) is 4.79 Å². The number of ketones is 1. The first kappa shape index (κ1) is 21.5. The van der Waals surface area contributed by atoms with Crippen LogP contribution in [0.3, 0.4) is 0 Å². The van der Waals surface area contributed by atoms with E-state index in [4.69, 9.17) is 18.9 Å². The SMILES string of the molecule is COc1ccc(/C=C2\CCc3cc(OCCn4ccnc4)ccc3C2=O)c(OC)c1OC. The van der Waals surface area contributed by atoms with Crippen LogP contribution in [0, 0.1) is 0 Å². The standard InChI is InChI=1S/C25H26N2O5/c1-29-22-9-6-19(24(30-2)25(22)31-3)14-18-5-4-17-15-20(7-8-21(17)23(18)28)32-13-12-27-11-10-26-16-27/h6-11,14-16H,4-5,12-13H2,1-3H3/b18-14+. The lowest BCUT2D eigenvalue weighted by atomic mass is 9.86. The van der Waals surface area contributed by atoms with E-state index in [0.717, 1.165) is 35.4 Å². The molecule has 166 valence electrons. The van der Waals surface area contributed by atoms with Crippen molar-refractivity contribution in [2.75, 3.05) is 27.9 Å². The second-order valence-electron chi connectivity index (χ2n) is 7.39. The zero-order valence-corrected chi connectivity index (χ0v) is 18.5. The molecule has 0 aliphatic heterocycles. The Labute approximate surface area is 187 Å². The van der Waals surface area contributed by atoms with E-state index >= 15 is 0 Å². The van der Waals surface area contributed by atoms with Gasteiger partial charge < -0.3 is 23.5 Å². The van der Waals surface area contributed by atoms with Crippen molar-refractivity contribution in [1.82, 2.24) is 9.55 Å². The number of hydrogen-bond donors (Lipinski definition) is 0. The highest BCUT2D eigenvalue weighted by Gasteiger charge is 2.24. The molecule has 0 fully saturated rings. The fourth-order valence-corrected chi connectivity index (χ4v) is 3.90. The first-order chi connectivity index (χ1) is 15.6. The summed E-state index contributed by atoms with van der Waals surface area (Å²) in [6.45, 7) is 1.25. The monoisotopic (exact) mass is 434 g/mol. The van der Waals surface area contributed by atoms with Gasteiger partial charge in [-0.25, -0.2) is 4.98 Å². The lowest BCUT2D eigenvalue weighted by molar-refractivity contribution is 0.102. The van der Waals surface area contributed by atoms with Crippen LogP contribution in [0.5, 0.6) is 23.0 Å². The van der Waals surface area contributed by atoms with Crippen molar-refractivity contribution in [2.45, 2.75) is 19.4 Å². The largest absolute Gasteiger partial charge is 0.493 e. The third kappa shape index (κ3) is 4.32. The Hall–Kier alpha value is -3.74. The molecule has 2 aromatic carbocycles. The maximum absolute atomic E-state index is 13.2. The summed E-state index contributed by atoms with van der Waals surface area (Å²) in [5.74, 6) is 2.41. The van der Waals surface area contributed by atoms with Gasteiger partial charge in [-0.1, -0.05) is 0 Å². The molecule has 7 heteroatoms. The minimum atomic E-state index is 0.0213. The van der Waals surface area contributed by atoms with Crippen LogP contribution in [-0.4, -0.2) is 43.3 Å². The quantitative estimate of drug-likeness (QED) is 0.495. The summed E-state index contributed by atoms with van der Waals surface area (Å²) in [4.78, 5) is 17.2. The van der Waals surface area contributed by atoms with Gasteiger partial charge in [0.15, 0.2) is 17.3 Å². The number of hydrogen-bond acceptors (Lipinski definition) is 6. The summed E-state index contributed by atoms with van der Waals surface area (Å²) in [5, 5.41) is 0. The average molecular weight is 434 g/mol. The number of allylic oxidation sites excluding steroid dienone is 1. The number of ether oxygens (including phenoxy) is 4. The molecule has 1 aliphatic rings. The van der Waals surface area contributed by atoms with Crippen molar-refractivity contribution in [3.05, 3.63) is 71.3 Å². The molecule has 0 unspecified atom stereocenters. The first-order valence-corrected chi connectivity index (χ1v) is 10.4. The number of methoxy groups -OCH3 is 3. The van der Waals surface area contributed by atoms with E-state index in [2.05, 4.69) is 4.98 Å². The molecule has 1 aliphatic carbocycles. The van der Waals surface area contributed by atoms with E-state index in [1.54, 1.807) is 33.9 Å². The molecular weight excluding hydrogens is 408 g/mol. The number of benzene rings is 2. The van der Waals surface area contributed by atoms with Gasteiger partial charge in [-0.3, -0.25) is 4.79 Å². The van der Waals surface area contributed by atoms with Crippen LogP contribution in [0.1, 0.15) is 27.9 Å². The zero-order valence-electron chi connectivity index (χ0n) is 18.5. The Morgan fingerprint density at radius 2 is 1.88 bits per heavy atom.